The molecule has 4 fully saturated rings. The quantitative estimate of drug-likeness (QED) is 0.858. The summed E-state index contributed by atoms with van der Waals surface area (Å²) in [5.41, 5.74) is 1.16. The fourth-order valence-corrected chi connectivity index (χ4v) is 4.76. The van der Waals surface area contributed by atoms with Gasteiger partial charge >= 0.3 is 0 Å². The van der Waals surface area contributed by atoms with E-state index in [1.54, 1.807) is 0 Å². The molecule has 1 saturated carbocycles. The Kier molecular flexibility index (Phi) is 3.81. The summed E-state index contributed by atoms with van der Waals surface area (Å²) in [6, 6.07) is 11.0. The van der Waals surface area contributed by atoms with Crippen LogP contribution in [0.25, 0.3) is 10.9 Å². The van der Waals surface area contributed by atoms with Crippen LogP contribution in [-0.2, 0) is 11.3 Å². The maximum atomic E-state index is 13.0. The SMILES string of the molecule is O=C(Cn1ccc2ccccc21)N1C[C@@H]2CC[C@H](C1)N(CC1CC1)C2. The predicted octanol–water partition coefficient (Wildman–Crippen LogP) is 2.97. The fourth-order valence-electron chi connectivity index (χ4n) is 4.76. The normalized spacial score (nSPS) is 27.0. The summed E-state index contributed by atoms with van der Waals surface area (Å²) in [6.45, 7) is 4.83. The molecule has 2 bridgehead atoms. The molecule has 132 valence electrons. The minimum Gasteiger partial charge on any atom is -0.339 e. The molecule has 3 aliphatic heterocycles. The molecular formula is C21H27N3O. The zero-order chi connectivity index (χ0) is 16.8. The lowest BCUT2D eigenvalue weighted by molar-refractivity contribution is -0.132. The number of carbonyl (C=O) groups excluding carboxylic acids is 1. The Bertz CT molecular complexity index is 778. The molecule has 4 heterocycles. The molecule has 0 spiro atoms. The monoisotopic (exact) mass is 337 g/mol. The number of carbonyl (C=O) groups is 1. The number of piperidine rings is 1. The van der Waals surface area contributed by atoms with Crippen LogP contribution in [0.15, 0.2) is 36.5 Å². The number of nitrogens with zero attached hydrogens (tertiary/aromatic N) is 3. The summed E-state index contributed by atoms with van der Waals surface area (Å²) >= 11 is 0. The van der Waals surface area contributed by atoms with Crippen molar-refractivity contribution >= 4 is 16.8 Å². The lowest BCUT2D eigenvalue weighted by Gasteiger charge is -2.36. The zero-order valence-corrected chi connectivity index (χ0v) is 14.8. The van der Waals surface area contributed by atoms with Gasteiger partial charge in [0.2, 0.25) is 5.91 Å². The first-order valence-electron chi connectivity index (χ1n) is 9.82. The molecule has 4 heteroatoms. The summed E-state index contributed by atoms with van der Waals surface area (Å²) in [4.78, 5) is 17.9. The highest BCUT2D eigenvalue weighted by molar-refractivity contribution is 5.83. The van der Waals surface area contributed by atoms with E-state index in [-0.39, 0.29) is 5.91 Å². The summed E-state index contributed by atoms with van der Waals surface area (Å²) in [5, 5.41) is 1.21. The lowest BCUT2D eigenvalue weighted by Crippen LogP contribution is -2.45. The summed E-state index contributed by atoms with van der Waals surface area (Å²) in [5.74, 6) is 1.89. The lowest BCUT2D eigenvalue weighted by atomic mass is 9.95. The predicted molar refractivity (Wildman–Crippen MR) is 99.3 cm³/mol. The van der Waals surface area contributed by atoms with Crippen molar-refractivity contribution in [2.45, 2.75) is 38.3 Å². The van der Waals surface area contributed by atoms with Gasteiger partial charge in [0.25, 0.3) is 0 Å². The van der Waals surface area contributed by atoms with E-state index in [4.69, 9.17) is 0 Å². The van der Waals surface area contributed by atoms with Gasteiger partial charge in [-0.3, -0.25) is 9.69 Å². The van der Waals surface area contributed by atoms with Crippen LogP contribution in [-0.4, -0.2) is 52.5 Å². The maximum absolute atomic E-state index is 13.0. The van der Waals surface area contributed by atoms with Crippen molar-refractivity contribution in [2.75, 3.05) is 26.2 Å². The molecule has 0 radical (unpaired) electrons. The smallest absolute Gasteiger partial charge is 0.242 e. The van der Waals surface area contributed by atoms with Gasteiger partial charge in [-0.1, -0.05) is 18.2 Å². The molecule has 2 aromatic rings. The van der Waals surface area contributed by atoms with Crippen LogP contribution in [0.5, 0.6) is 0 Å². The molecule has 4 nitrogen and oxygen atoms in total. The highest BCUT2D eigenvalue weighted by Gasteiger charge is 2.38. The molecule has 4 aliphatic rings. The van der Waals surface area contributed by atoms with Crippen LogP contribution < -0.4 is 0 Å². The molecule has 1 aromatic heterocycles. The van der Waals surface area contributed by atoms with Crippen molar-refractivity contribution in [3.05, 3.63) is 36.5 Å². The summed E-state index contributed by atoms with van der Waals surface area (Å²) < 4.78 is 2.10. The van der Waals surface area contributed by atoms with E-state index in [0.29, 0.717) is 18.5 Å². The summed E-state index contributed by atoms with van der Waals surface area (Å²) in [7, 11) is 0. The van der Waals surface area contributed by atoms with E-state index < -0.39 is 0 Å². The van der Waals surface area contributed by atoms with Gasteiger partial charge in [-0.2, -0.15) is 0 Å². The van der Waals surface area contributed by atoms with E-state index in [1.807, 2.05) is 12.3 Å². The Hall–Kier alpha value is -1.81. The Labute approximate surface area is 149 Å². The van der Waals surface area contributed by atoms with Crippen LogP contribution in [0.1, 0.15) is 25.7 Å². The average Bonchev–Trinajstić information content (AvgIpc) is 3.41. The van der Waals surface area contributed by atoms with Gasteiger partial charge in [-0.05, 0) is 55.0 Å². The number of fused-ring (bicyclic) bond motifs is 5. The van der Waals surface area contributed by atoms with Gasteiger partial charge < -0.3 is 9.47 Å². The van der Waals surface area contributed by atoms with Crippen molar-refractivity contribution in [1.82, 2.24) is 14.4 Å². The van der Waals surface area contributed by atoms with E-state index in [1.165, 1.54) is 44.2 Å². The maximum Gasteiger partial charge on any atom is 0.242 e. The van der Waals surface area contributed by atoms with Crippen LogP contribution in [0.3, 0.4) is 0 Å². The number of rotatable bonds is 4. The molecule has 0 unspecified atom stereocenters. The van der Waals surface area contributed by atoms with Crippen LogP contribution in [0.4, 0.5) is 0 Å². The van der Waals surface area contributed by atoms with E-state index in [9.17, 15) is 4.79 Å². The molecule has 2 atom stereocenters. The van der Waals surface area contributed by atoms with Crippen LogP contribution in [0, 0.1) is 11.8 Å². The molecule has 25 heavy (non-hydrogen) atoms. The highest BCUT2D eigenvalue weighted by atomic mass is 16.2. The molecular weight excluding hydrogens is 310 g/mol. The number of benzene rings is 1. The number of hydrogen-bond donors (Lipinski definition) is 0. The van der Waals surface area contributed by atoms with E-state index >= 15 is 0 Å². The molecule has 6 rings (SSSR count). The third-order valence-electron chi connectivity index (χ3n) is 6.36. The van der Waals surface area contributed by atoms with Gasteiger partial charge in [0.15, 0.2) is 0 Å². The van der Waals surface area contributed by atoms with Gasteiger partial charge in [0.1, 0.15) is 6.54 Å². The standard InChI is InChI=1S/C21H27N3O/c25-21(15-22-10-9-18-3-1-2-4-20(18)22)24-13-17-7-8-19(14-24)23(12-17)11-16-5-6-16/h1-4,9-10,16-17,19H,5-8,11-15H2/t17-,19-/m1/s1. The van der Waals surface area contributed by atoms with Gasteiger partial charge in [-0.15, -0.1) is 0 Å². The number of hydrogen-bond acceptors (Lipinski definition) is 2. The zero-order valence-electron chi connectivity index (χ0n) is 14.8. The highest BCUT2D eigenvalue weighted by Crippen LogP contribution is 2.34. The molecule has 1 aliphatic carbocycles. The second kappa shape index (κ2) is 6.17. The van der Waals surface area contributed by atoms with Crippen molar-refractivity contribution < 1.29 is 4.79 Å². The Morgan fingerprint density at radius 1 is 1.00 bits per heavy atom. The van der Waals surface area contributed by atoms with Crippen molar-refractivity contribution in [3.63, 3.8) is 0 Å². The minimum absolute atomic E-state index is 0.284. The third kappa shape index (κ3) is 3.08. The molecule has 0 N–H and O–H groups in total. The minimum atomic E-state index is 0.284. The number of para-hydroxylation sites is 1. The molecule has 1 aromatic carbocycles. The molecule has 1 amide bonds. The van der Waals surface area contributed by atoms with Crippen molar-refractivity contribution in [2.24, 2.45) is 11.8 Å². The molecule has 3 saturated heterocycles. The van der Waals surface area contributed by atoms with Crippen molar-refractivity contribution in [3.8, 4) is 0 Å². The first kappa shape index (κ1) is 15.4. The van der Waals surface area contributed by atoms with E-state index in [0.717, 1.165) is 24.5 Å². The van der Waals surface area contributed by atoms with Crippen LogP contribution >= 0.6 is 0 Å². The third-order valence-corrected chi connectivity index (χ3v) is 6.36. The number of aromatic nitrogens is 1. The van der Waals surface area contributed by atoms with Gasteiger partial charge in [0, 0.05) is 43.9 Å². The second-order valence-corrected chi connectivity index (χ2v) is 8.30. The second-order valence-electron chi connectivity index (χ2n) is 8.30. The van der Waals surface area contributed by atoms with E-state index in [2.05, 4.69) is 38.6 Å². The van der Waals surface area contributed by atoms with Crippen LogP contribution in [0.2, 0.25) is 0 Å². The Morgan fingerprint density at radius 2 is 1.88 bits per heavy atom. The first-order valence-corrected chi connectivity index (χ1v) is 9.82. The topological polar surface area (TPSA) is 28.5 Å². The van der Waals surface area contributed by atoms with Gasteiger partial charge in [0.05, 0.1) is 0 Å². The largest absolute Gasteiger partial charge is 0.339 e. The Morgan fingerprint density at radius 3 is 2.76 bits per heavy atom. The van der Waals surface area contributed by atoms with Crippen molar-refractivity contribution in [1.29, 1.82) is 0 Å². The Balaban J connectivity index is 1.30. The number of amides is 1. The first-order chi connectivity index (χ1) is 12.3. The van der Waals surface area contributed by atoms with Gasteiger partial charge in [-0.25, -0.2) is 0 Å². The average molecular weight is 337 g/mol. The summed E-state index contributed by atoms with van der Waals surface area (Å²) in [6.07, 6.45) is 7.44. The fraction of sp³-hybridized carbons (Fsp3) is 0.571.